The summed E-state index contributed by atoms with van der Waals surface area (Å²) < 4.78 is 13.8. The summed E-state index contributed by atoms with van der Waals surface area (Å²) in [7, 11) is 0. The van der Waals surface area contributed by atoms with E-state index in [2.05, 4.69) is 28.2 Å². The van der Waals surface area contributed by atoms with Gasteiger partial charge in [-0.2, -0.15) is 0 Å². The summed E-state index contributed by atoms with van der Waals surface area (Å²) >= 11 is 3.09. The van der Waals surface area contributed by atoms with Gasteiger partial charge in [0.25, 0.3) is 5.91 Å². The summed E-state index contributed by atoms with van der Waals surface area (Å²) in [5.41, 5.74) is 0.387. The van der Waals surface area contributed by atoms with Crippen molar-refractivity contribution in [2.75, 3.05) is 0 Å². The van der Waals surface area contributed by atoms with Crippen LogP contribution in [0.3, 0.4) is 0 Å². The van der Waals surface area contributed by atoms with Crippen LogP contribution >= 0.6 is 15.9 Å². The minimum atomic E-state index is -0.401. The molecule has 0 aromatic heterocycles. The Balaban J connectivity index is 1.98. The maximum absolute atomic E-state index is 13.4. The van der Waals surface area contributed by atoms with Crippen molar-refractivity contribution in [3.63, 3.8) is 0 Å². The van der Waals surface area contributed by atoms with Gasteiger partial charge >= 0.3 is 0 Å². The Bertz CT molecular complexity index is 463. The van der Waals surface area contributed by atoms with Gasteiger partial charge in [-0.15, -0.1) is 0 Å². The van der Waals surface area contributed by atoms with Gasteiger partial charge in [-0.3, -0.25) is 4.79 Å². The van der Waals surface area contributed by atoms with Crippen LogP contribution in [0.1, 0.15) is 49.4 Å². The standard InChI is InChI=1S/C15H19BrFNO/c1-10-3-2-4-12(7-5-10)18-15(19)11-6-8-13(16)14(17)9-11/h6,8-10,12H,2-5,7H2,1H3,(H,18,19). The Morgan fingerprint density at radius 3 is 2.84 bits per heavy atom. The predicted octanol–water partition coefficient (Wildman–Crippen LogP) is 4.29. The van der Waals surface area contributed by atoms with E-state index in [4.69, 9.17) is 0 Å². The van der Waals surface area contributed by atoms with Crippen LogP contribution in [0.15, 0.2) is 22.7 Å². The number of nitrogens with one attached hydrogen (secondary N) is 1. The lowest BCUT2D eigenvalue weighted by molar-refractivity contribution is 0.0932. The third-order valence-electron chi connectivity index (χ3n) is 3.77. The highest BCUT2D eigenvalue weighted by Crippen LogP contribution is 2.23. The van der Waals surface area contributed by atoms with Gasteiger partial charge in [-0.05, 0) is 59.3 Å². The zero-order valence-electron chi connectivity index (χ0n) is 11.1. The molecule has 0 bridgehead atoms. The summed E-state index contributed by atoms with van der Waals surface area (Å²) in [6, 6.07) is 4.71. The molecular weight excluding hydrogens is 309 g/mol. The molecule has 1 saturated carbocycles. The van der Waals surface area contributed by atoms with Crippen LogP contribution in [0.5, 0.6) is 0 Å². The van der Waals surface area contributed by atoms with Crippen LogP contribution in [0.2, 0.25) is 0 Å². The van der Waals surface area contributed by atoms with Crippen molar-refractivity contribution in [2.45, 2.75) is 45.1 Å². The van der Waals surface area contributed by atoms with Gasteiger partial charge in [-0.25, -0.2) is 4.39 Å². The average molecular weight is 328 g/mol. The monoisotopic (exact) mass is 327 g/mol. The molecule has 0 spiro atoms. The van der Waals surface area contributed by atoms with Gasteiger partial charge in [0.05, 0.1) is 4.47 Å². The molecule has 2 unspecified atom stereocenters. The fraction of sp³-hybridized carbons (Fsp3) is 0.533. The molecule has 0 heterocycles. The highest BCUT2D eigenvalue weighted by Gasteiger charge is 2.18. The number of benzene rings is 1. The SMILES string of the molecule is CC1CCCC(NC(=O)c2ccc(Br)c(F)c2)CC1. The van der Waals surface area contributed by atoms with Crippen LogP contribution in [0.4, 0.5) is 4.39 Å². The molecule has 1 aliphatic rings. The van der Waals surface area contributed by atoms with Gasteiger partial charge in [0.15, 0.2) is 0 Å². The number of carbonyl (C=O) groups is 1. The van der Waals surface area contributed by atoms with E-state index in [9.17, 15) is 9.18 Å². The molecule has 1 N–H and O–H groups in total. The topological polar surface area (TPSA) is 29.1 Å². The van der Waals surface area contributed by atoms with Gasteiger partial charge in [0.1, 0.15) is 5.82 Å². The highest BCUT2D eigenvalue weighted by atomic mass is 79.9. The Hall–Kier alpha value is -0.900. The molecule has 4 heteroatoms. The van der Waals surface area contributed by atoms with E-state index in [1.54, 1.807) is 12.1 Å². The summed E-state index contributed by atoms with van der Waals surface area (Å²) in [6.07, 6.45) is 5.58. The first kappa shape index (κ1) is 14.5. The lowest BCUT2D eigenvalue weighted by Gasteiger charge is -2.16. The number of halogens is 2. The first-order valence-electron chi connectivity index (χ1n) is 6.82. The van der Waals surface area contributed by atoms with Crippen molar-refractivity contribution >= 4 is 21.8 Å². The number of amides is 1. The molecule has 1 fully saturated rings. The lowest BCUT2D eigenvalue weighted by Crippen LogP contribution is -2.34. The molecular formula is C15H19BrFNO. The predicted molar refractivity (Wildman–Crippen MR) is 77.6 cm³/mol. The van der Waals surface area contributed by atoms with E-state index in [1.165, 1.54) is 12.5 Å². The van der Waals surface area contributed by atoms with E-state index in [0.717, 1.165) is 31.6 Å². The second kappa shape index (κ2) is 6.51. The fourth-order valence-corrected chi connectivity index (χ4v) is 2.78. The maximum Gasteiger partial charge on any atom is 0.251 e. The van der Waals surface area contributed by atoms with Crippen LogP contribution in [0, 0.1) is 11.7 Å². The maximum atomic E-state index is 13.4. The van der Waals surface area contributed by atoms with Crippen molar-refractivity contribution in [3.05, 3.63) is 34.1 Å². The Morgan fingerprint density at radius 2 is 2.11 bits per heavy atom. The normalized spacial score (nSPS) is 23.7. The third kappa shape index (κ3) is 4.03. The van der Waals surface area contributed by atoms with Crippen LogP contribution < -0.4 is 5.32 Å². The molecule has 1 amide bonds. The van der Waals surface area contributed by atoms with E-state index in [0.29, 0.717) is 10.0 Å². The summed E-state index contributed by atoms with van der Waals surface area (Å²) in [5, 5.41) is 3.02. The molecule has 104 valence electrons. The first-order chi connectivity index (χ1) is 9.06. The number of rotatable bonds is 2. The fourth-order valence-electron chi connectivity index (χ4n) is 2.54. The molecule has 0 aliphatic heterocycles. The zero-order chi connectivity index (χ0) is 13.8. The average Bonchev–Trinajstić information content (AvgIpc) is 2.58. The number of carbonyl (C=O) groups excluding carboxylic acids is 1. The second-order valence-corrected chi connectivity index (χ2v) is 6.27. The van der Waals surface area contributed by atoms with Gasteiger partial charge in [0, 0.05) is 11.6 Å². The molecule has 19 heavy (non-hydrogen) atoms. The van der Waals surface area contributed by atoms with Gasteiger partial charge in [-0.1, -0.05) is 19.8 Å². The Kier molecular flexibility index (Phi) is 4.97. The summed E-state index contributed by atoms with van der Waals surface area (Å²) in [5.74, 6) is 0.167. The summed E-state index contributed by atoms with van der Waals surface area (Å²) in [6.45, 7) is 2.26. The number of hydrogen-bond acceptors (Lipinski definition) is 1. The smallest absolute Gasteiger partial charge is 0.251 e. The van der Waals surface area contributed by atoms with Gasteiger partial charge in [0.2, 0.25) is 0 Å². The quantitative estimate of drug-likeness (QED) is 0.807. The van der Waals surface area contributed by atoms with E-state index in [-0.39, 0.29) is 11.9 Å². The van der Waals surface area contributed by atoms with Crippen molar-refractivity contribution in [1.82, 2.24) is 5.32 Å². The molecule has 1 aliphatic carbocycles. The molecule has 0 radical (unpaired) electrons. The highest BCUT2D eigenvalue weighted by molar-refractivity contribution is 9.10. The zero-order valence-corrected chi connectivity index (χ0v) is 12.7. The Morgan fingerprint density at radius 1 is 1.32 bits per heavy atom. The molecule has 1 aromatic rings. The Labute approximate surface area is 121 Å². The van der Waals surface area contributed by atoms with Crippen molar-refractivity contribution in [3.8, 4) is 0 Å². The van der Waals surface area contributed by atoms with Crippen molar-refractivity contribution in [1.29, 1.82) is 0 Å². The third-order valence-corrected chi connectivity index (χ3v) is 4.42. The number of hydrogen-bond donors (Lipinski definition) is 1. The van der Waals surface area contributed by atoms with Crippen LogP contribution in [-0.4, -0.2) is 11.9 Å². The van der Waals surface area contributed by atoms with Crippen molar-refractivity contribution < 1.29 is 9.18 Å². The summed E-state index contributed by atoms with van der Waals surface area (Å²) in [4.78, 5) is 12.1. The minimum Gasteiger partial charge on any atom is -0.349 e. The van der Waals surface area contributed by atoms with E-state index >= 15 is 0 Å². The largest absolute Gasteiger partial charge is 0.349 e. The molecule has 0 saturated heterocycles. The molecule has 2 atom stereocenters. The lowest BCUT2D eigenvalue weighted by atomic mass is 10.0. The van der Waals surface area contributed by atoms with Crippen LogP contribution in [0.25, 0.3) is 0 Å². The van der Waals surface area contributed by atoms with Crippen LogP contribution in [-0.2, 0) is 0 Å². The molecule has 2 nitrogen and oxygen atoms in total. The van der Waals surface area contributed by atoms with Crippen molar-refractivity contribution in [2.24, 2.45) is 5.92 Å². The second-order valence-electron chi connectivity index (χ2n) is 5.41. The van der Waals surface area contributed by atoms with E-state index in [1.807, 2.05) is 0 Å². The molecule has 2 rings (SSSR count). The van der Waals surface area contributed by atoms with E-state index < -0.39 is 5.82 Å². The molecule has 1 aromatic carbocycles. The first-order valence-corrected chi connectivity index (χ1v) is 7.61. The van der Waals surface area contributed by atoms with Gasteiger partial charge < -0.3 is 5.32 Å². The minimum absolute atomic E-state index is 0.175.